The molecule has 0 spiro atoms. The molecule has 0 fully saturated rings. The summed E-state index contributed by atoms with van der Waals surface area (Å²) in [4.78, 5) is 11.0. The number of nitriles is 1. The fourth-order valence-corrected chi connectivity index (χ4v) is 2.75. The van der Waals surface area contributed by atoms with Gasteiger partial charge in [-0.15, -0.1) is 0 Å². The summed E-state index contributed by atoms with van der Waals surface area (Å²) in [5.41, 5.74) is -0.142. The minimum atomic E-state index is -3.56. The normalized spacial score (nSPS) is 10.6. The van der Waals surface area contributed by atoms with E-state index in [1.807, 2.05) is 0 Å². The zero-order valence-corrected chi connectivity index (χ0v) is 10.1. The summed E-state index contributed by atoms with van der Waals surface area (Å²) < 4.78 is 26.1. The fourth-order valence-electron chi connectivity index (χ4n) is 0.878. The van der Waals surface area contributed by atoms with Gasteiger partial charge in [-0.3, -0.25) is 5.32 Å². The Labute approximate surface area is 96.2 Å². The lowest BCUT2D eigenvalue weighted by molar-refractivity contribution is 0.254. The van der Waals surface area contributed by atoms with Gasteiger partial charge >= 0.3 is 6.03 Å². The summed E-state index contributed by atoms with van der Waals surface area (Å²) in [6, 6.07) is 1.16. The van der Waals surface area contributed by atoms with E-state index in [4.69, 9.17) is 5.26 Å². The van der Waals surface area contributed by atoms with E-state index in [0.29, 0.717) is 0 Å². The summed E-state index contributed by atoms with van der Waals surface area (Å²) in [5.74, 6) is 0. The van der Waals surface area contributed by atoms with E-state index in [1.165, 1.54) is 7.05 Å². The number of nitrogens with one attached hydrogen (secondary N) is 2. The lowest BCUT2D eigenvalue weighted by atomic mass is 10.4. The zero-order valence-electron chi connectivity index (χ0n) is 8.44. The number of carbonyl (C=O) groups is 1. The van der Waals surface area contributed by atoms with Crippen molar-refractivity contribution in [1.82, 2.24) is 9.69 Å². The van der Waals surface area contributed by atoms with Crippen LogP contribution in [0.1, 0.15) is 5.56 Å². The number of aromatic nitrogens is 1. The van der Waals surface area contributed by atoms with Crippen molar-refractivity contribution in [2.75, 3.05) is 18.6 Å². The molecule has 1 aromatic rings. The Balaban J connectivity index is 3.21. The van der Waals surface area contributed by atoms with Gasteiger partial charge in [0.05, 0.1) is 0 Å². The van der Waals surface area contributed by atoms with Crippen molar-refractivity contribution >= 4 is 32.4 Å². The topological polar surface area (TPSA) is 112 Å². The van der Waals surface area contributed by atoms with Crippen molar-refractivity contribution in [2.45, 2.75) is 5.03 Å². The second-order valence-corrected chi connectivity index (χ2v) is 5.48. The lowest BCUT2D eigenvalue weighted by Gasteiger charge is -2.00. The maximum atomic E-state index is 11.2. The molecule has 86 valence electrons. The number of amides is 2. The minimum absolute atomic E-state index is 0.113. The largest absolute Gasteiger partial charge is 0.341 e. The monoisotopic (exact) mass is 260 g/mol. The predicted molar refractivity (Wildman–Crippen MR) is 58.0 cm³/mol. The molecule has 0 atom stereocenters. The molecule has 0 aliphatic rings. The van der Waals surface area contributed by atoms with Crippen molar-refractivity contribution in [2.24, 2.45) is 0 Å². The maximum absolute atomic E-state index is 11.2. The Kier molecular flexibility index (Phi) is 3.46. The summed E-state index contributed by atoms with van der Waals surface area (Å²) >= 11 is 0.748. The van der Waals surface area contributed by atoms with Gasteiger partial charge in [0.1, 0.15) is 16.6 Å². The fraction of sp³-hybridized carbons (Fsp3) is 0.286. The third-order valence-electron chi connectivity index (χ3n) is 1.58. The van der Waals surface area contributed by atoms with E-state index in [1.54, 1.807) is 6.07 Å². The number of urea groups is 1. The highest BCUT2D eigenvalue weighted by Crippen LogP contribution is 2.26. The highest BCUT2D eigenvalue weighted by atomic mass is 32.2. The van der Waals surface area contributed by atoms with Crippen LogP contribution in [0.3, 0.4) is 0 Å². The lowest BCUT2D eigenvalue weighted by Crippen LogP contribution is -2.24. The van der Waals surface area contributed by atoms with Gasteiger partial charge in [-0.1, -0.05) is 0 Å². The molecule has 0 aromatic carbocycles. The quantitative estimate of drug-likeness (QED) is 0.787. The minimum Gasteiger partial charge on any atom is -0.341 e. The molecular formula is C7H8N4O3S2. The molecule has 0 saturated heterocycles. The third-order valence-corrected chi connectivity index (χ3v) is 3.45. The van der Waals surface area contributed by atoms with Gasteiger partial charge < -0.3 is 5.32 Å². The summed E-state index contributed by atoms with van der Waals surface area (Å²) in [7, 11) is -2.16. The van der Waals surface area contributed by atoms with Crippen LogP contribution < -0.4 is 10.6 Å². The smallest absolute Gasteiger partial charge is 0.319 e. The van der Waals surface area contributed by atoms with E-state index >= 15 is 0 Å². The van der Waals surface area contributed by atoms with Gasteiger partial charge in [0.25, 0.3) is 0 Å². The summed E-state index contributed by atoms with van der Waals surface area (Å²) in [5, 5.41) is 13.2. The molecule has 0 radical (unpaired) electrons. The van der Waals surface area contributed by atoms with Crippen LogP contribution in [0.5, 0.6) is 0 Å². The van der Waals surface area contributed by atoms with Gasteiger partial charge in [0.2, 0.25) is 0 Å². The first-order valence-electron chi connectivity index (χ1n) is 3.98. The van der Waals surface area contributed by atoms with Gasteiger partial charge in [0, 0.05) is 13.3 Å². The van der Waals surface area contributed by atoms with Crippen molar-refractivity contribution in [3.8, 4) is 6.07 Å². The van der Waals surface area contributed by atoms with Crippen LogP contribution in [0.4, 0.5) is 9.80 Å². The number of anilines is 1. The summed E-state index contributed by atoms with van der Waals surface area (Å²) in [6.07, 6.45) is 0.951. The first kappa shape index (κ1) is 12.4. The number of rotatable bonds is 2. The number of hydrogen-bond acceptors (Lipinski definition) is 6. The molecule has 0 aliphatic carbocycles. The highest BCUT2D eigenvalue weighted by molar-refractivity contribution is 7.90. The van der Waals surface area contributed by atoms with Crippen LogP contribution in [-0.2, 0) is 9.84 Å². The highest BCUT2D eigenvalue weighted by Gasteiger charge is 2.22. The Bertz CT molecular complexity index is 555. The molecular weight excluding hydrogens is 252 g/mol. The predicted octanol–water partition coefficient (Wildman–Crippen LogP) is 0.170. The first-order valence-corrected chi connectivity index (χ1v) is 6.65. The zero-order chi connectivity index (χ0) is 12.3. The van der Waals surface area contributed by atoms with E-state index in [9.17, 15) is 13.2 Å². The number of hydrogen-bond donors (Lipinski definition) is 2. The molecule has 0 aliphatic heterocycles. The molecule has 2 N–H and O–H groups in total. The van der Waals surface area contributed by atoms with Crippen molar-refractivity contribution < 1.29 is 13.2 Å². The van der Waals surface area contributed by atoms with Crippen LogP contribution in [0.2, 0.25) is 0 Å². The Morgan fingerprint density at radius 1 is 1.56 bits per heavy atom. The van der Waals surface area contributed by atoms with E-state index in [2.05, 4.69) is 15.0 Å². The molecule has 2 amide bonds. The van der Waals surface area contributed by atoms with Gasteiger partial charge in [-0.25, -0.2) is 13.2 Å². The first-order chi connectivity index (χ1) is 7.40. The van der Waals surface area contributed by atoms with Gasteiger partial charge in [0.15, 0.2) is 14.9 Å². The van der Waals surface area contributed by atoms with Crippen molar-refractivity contribution in [1.29, 1.82) is 5.26 Å². The summed E-state index contributed by atoms with van der Waals surface area (Å²) in [6.45, 7) is 0. The van der Waals surface area contributed by atoms with Crippen LogP contribution >= 0.6 is 11.5 Å². The van der Waals surface area contributed by atoms with E-state index in [0.717, 1.165) is 17.8 Å². The van der Waals surface area contributed by atoms with Crippen LogP contribution in [0, 0.1) is 11.3 Å². The molecule has 0 saturated carbocycles. The molecule has 0 bridgehead atoms. The Morgan fingerprint density at radius 2 is 2.19 bits per heavy atom. The number of sulfone groups is 1. The van der Waals surface area contributed by atoms with Crippen LogP contribution in [0.15, 0.2) is 5.03 Å². The van der Waals surface area contributed by atoms with E-state index < -0.39 is 15.9 Å². The maximum Gasteiger partial charge on any atom is 0.319 e. The van der Waals surface area contributed by atoms with Gasteiger partial charge in [-0.2, -0.15) is 9.64 Å². The number of carbonyl (C=O) groups excluding carboxylic acids is 1. The molecule has 1 heterocycles. The standard InChI is InChI=1S/C7H8N4O3S2/c1-9-7(12)10-5-4(3-8)6(11-15-5)16(2,13)14/h1-2H3,(H2,9,10,12). The van der Waals surface area contributed by atoms with E-state index in [-0.39, 0.29) is 15.6 Å². The van der Waals surface area contributed by atoms with Crippen molar-refractivity contribution in [3.05, 3.63) is 5.56 Å². The Hall–Kier alpha value is -1.66. The van der Waals surface area contributed by atoms with Gasteiger partial charge in [-0.05, 0) is 11.5 Å². The second kappa shape index (κ2) is 4.46. The molecule has 7 nitrogen and oxygen atoms in total. The molecule has 16 heavy (non-hydrogen) atoms. The van der Waals surface area contributed by atoms with Crippen LogP contribution in [-0.4, -0.2) is 32.1 Å². The number of nitrogens with zero attached hydrogens (tertiary/aromatic N) is 2. The molecule has 0 unspecified atom stereocenters. The second-order valence-electron chi connectivity index (χ2n) is 2.78. The Morgan fingerprint density at radius 3 is 2.62 bits per heavy atom. The average Bonchev–Trinajstić information content (AvgIpc) is 2.60. The molecule has 1 aromatic heterocycles. The molecule has 9 heteroatoms. The average molecular weight is 260 g/mol. The third kappa shape index (κ3) is 2.47. The molecule has 1 rings (SSSR count). The SMILES string of the molecule is CNC(=O)Nc1snc(S(C)(=O)=O)c1C#N. The van der Waals surface area contributed by atoms with Crippen LogP contribution in [0.25, 0.3) is 0 Å². The van der Waals surface area contributed by atoms with Crippen molar-refractivity contribution in [3.63, 3.8) is 0 Å².